The molecule has 0 radical (unpaired) electrons. The molecule has 4 rings (SSSR count). The Hall–Kier alpha value is -2.76. The van der Waals surface area contributed by atoms with Gasteiger partial charge in [0.25, 0.3) is 0 Å². The van der Waals surface area contributed by atoms with Gasteiger partial charge in [0, 0.05) is 16.5 Å². The second-order valence-electron chi connectivity index (χ2n) is 4.82. The van der Waals surface area contributed by atoms with E-state index < -0.39 is 0 Å². The van der Waals surface area contributed by atoms with Crippen molar-refractivity contribution in [1.82, 2.24) is 4.57 Å². The average molecular weight is 255 g/mol. The molecule has 0 atom stereocenters. The van der Waals surface area contributed by atoms with Gasteiger partial charge in [-0.15, -0.1) is 5.73 Å². The van der Waals surface area contributed by atoms with E-state index in [1.165, 1.54) is 21.8 Å². The van der Waals surface area contributed by atoms with Gasteiger partial charge in [0.05, 0.1) is 11.0 Å². The van der Waals surface area contributed by atoms with Gasteiger partial charge in [0.2, 0.25) is 0 Å². The van der Waals surface area contributed by atoms with E-state index in [2.05, 4.69) is 71.0 Å². The first-order valence-electron chi connectivity index (χ1n) is 6.73. The van der Waals surface area contributed by atoms with Crippen LogP contribution in [0.5, 0.6) is 0 Å². The molecule has 0 unspecified atom stereocenters. The Kier molecular flexibility index (Phi) is 2.45. The van der Waals surface area contributed by atoms with Gasteiger partial charge in [-0.2, -0.15) is 0 Å². The highest BCUT2D eigenvalue weighted by Gasteiger charge is 2.11. The van der Waals surface area contributed by atoms with Gasteiger partial charge in [-0.3, -0.25) is 0 Å². The van der Waals surface area contributed by atoms with Crippen LogP contribution in [0.15, 0.2) is 84.6 Å². The topological polar surface area (TPSA) is 4.93 Å². The van der Waals surface area contributed by atoms with E-state index in [0.29, 0.717) is 0 Å². The molecular weight excluding hydrogens is 242 g/mol. The lowest BCUT2D eigenvalue weighted by Gasteiger charge is -2.07. The van der Waals surface area contributed by atoms with Gasteiger partial charge in [-0.25, -0.2) is 0 Å². The highest BCUT2D eigenvalue weighted by Crippen LogP contribution is 2.31. The Balaban J connectivity index is 2.16. The highest BCUT2D eigenvalue weighted by molar-refractivity contribution is 6.10. The summed E-state index contributed by atoms with van der Waals surface area (Å²) in [5.74, 6) is 0. The summed E-state index contributed by atoms with van der Waals surface area (Å²) in [5, 5.41) is 2.58. The number of benzene rings is 2. The molecular formula is C19H13N. The van der Waals surface area contributed by atoms with Gasteiger partial charge < -0.3 is 4.57 Å². The third-order valence-electron chi connectivity index (χ3n) is 3.65. The number of nitrogens with zero attached hydrogens (tertiary/aromatic N) is 1. The van der Waals surface area contributed by atoms with Crippen molar-refractivity contribution in [2.45, 2.75) is 0 Å². The summed E-state index contributed by atoms with van der Waals surface area (Å²) in [4.78, 5) is 0. The summed E-state index contributed by atoms with van der Waals surface area (Å²) in [6.07, 6.45) is 10.1. The van der Waals surface area contributed by atoms with Crippen LogP contribution in [0.1, 0.15) is 0 Å². The SMILES string of the molecule is C1=CC=CC(n2c3ccccc3c3ccccc32)=CC=1. The van der Waals surface area contributed by atoms with Crippen LogP contribution >= 0.6 is 0 Å². The minimum atomic E-state index is 1.16. The fourth-order valence-corrected chi connectivity index (χ4v) is 2.80. The first kappa shape index (κ1) is 11.1. The molecule has 1 aromatic heterocycles. The number of para-hydroxylation sites is 2. The minimum absolute atomic E-state index is 1.16. The normalized spacial score (nSPS) is 13.9. The molecule has 0 saturated heterocycles. The Bertz CT molecular complexity index is 875. The molecule has 0 N–H and O–H groups in total. The smallest absolute Gasteiger partial charge is 0.0541 e. The zero-order valence-corrected chi connectivity index (χ0v) is 11.0. The second kappa shape index (κ2) is 4.41. The van der Waals surface area contributed by atoms with Crippen molar-refractivity contribution in [3.8, 4) is 0 Å². The van der Waals surface area contributed by atoms with Crippen LogP contribution in [-0.4, -0.2) is 4.57 Å². The zero-order valence-electron chi connectivity index (χ0n) is 11.0. The van der Waals surface area contributed by atoms with E-state index in [0.717, 1.165) is 5.70 Å². The van der Waals surface area contributed by atoms with Crippen molar-refractivity contribution in [3.05, 3.63) is 84.6 Å². The summed E-state index contributed by atoms with van der Waals surface area (Å²) >= 11 is 0. The molecule has 0 bridgehead atoms. The third kappa shape index (κ3) is 1.58. The monoisotopic (exact) mass is 255 g/mol. The molecule has 0 fully saturated rings. The molecule has 1 heteroatoms. The average Bonchev–Trinajstić information content (AvgIpc) is 2.65. The van der Waals surface area contributed by atoms with Crippen LogP contribution in [0, 0.1) is 0 Å². The predicted molar refractivity (Wildman–Crippen MR) is 85.5 cm³/mol. The maximum absolute atomic E-state index is 3.11. The zero-order chi connectivity index (χ0) is 13.4. The quantitative estimate of drug-likeness (QED) is 0.544. The molecule has 3 aromatic rings. The lowest BCUT2D eigenvalue weighted by atomic mass is 10.2. The molecule has 1 aliphatic carbocycles. The maximum atomic E-state index is 3.11. The van der Waals surface area contributed by atoms with Crippen LogP contribution in [-0.2, 0) is 0 Å². The number of allylic oxidation sites excluding steroid dienone is 5. The van der Waals surface area contributed by atoms with Gasteiger partial charge in [0.1, 0.15) is 0 Å². The summed E-state index contributed by atoms with van der Waals surface area (Å²) in [6, 6.07) is 17.1. The first-order chi connectivity index (χ1) is 9.95. The molecule has 20 heavy (non-hydrogen) atoms. The second-order valence-corrected chi connectivity index (χ2v) is 4.82. The number of hydrogen-bond acceptors (Lipinski definition) is 0. The minimum Gasteiger partial charge on any atom is -0.309 e. The lowest BCUT2D eigenvalue weighted by Crippen LogP contribution is -1.93. The van der Waals surface area contributed by atoms with Crippen molar-refractivity contribution in [2.24, 2.45) is 0 Å². The van der Waals surface area contributed by atoms with Gasteiger partial charge in [-0.1, -0.05) is 42.5 Å². The molecule has 1 nitrogen and oxygen atoms in total. The standard InChI is InChI=1S/C19H13N/c1-2-4-10-15(9-3-1)20-18-13-7-5-11-16(18)17-12-6-8-14-19(17)20/h1,3-14H. The molecule has 0 saturated carbocycles. The van der Waals surface area contributed by atoms with Crippen molar-refractivity contribution in [1.29, 1.82) is 0 Å². The molecule has 1 heterocycles. The van der Waals surface area contributed by atoms with Crippen LogP contribution in [0.3, 0.4) is 0 Å². The fourth-order valence-electron chi connectivity index (χ4n) is 2.80. The van der Waals surface area contributed by atoms with Gasteiger partial charge >= 0.3 is 0 Å². The Labute approximate surface area is 117 Å². The molecule has 0 aliphatic heterocycles. The van der Waals surface area contributed by atoms with E-state index in [4.69, 9.17) is 0 Å². The van der Waals surface area contributed by atoms with Gasteiger partial charge in [0.15, 0.2) is 0 Å². The van der Waals surface area contributed by atoms with Crippen molar-refractivity contribution in [3.63, 3.8) is 0 Å². The summed E-state index contributed by atoms with van der Waals surface area (Å²) < 4.78 is 2.30. The maximum Gasteiger partial charge on any atom is 0.0541 e. The van der Waals surface area contributed by atoms with E-state index in [-0.39, 0.29) is 0 Å². The Morgan fingerprint density at radius 3 is 2.10 bits per heavy atom. The molecule has 94 valence electrons. The largest absolute Gasteiger partial charge is 0.309 e. The highest BCUT2D eigenvalue weighted by atomic mass is 15.0. The number of hydrogen-bond donors (Lipinski definition) is 0. The summed E-state index contributed by atoms with van der Waals surface area (Å²) in [6.45, 7) is 0. The third-order valence-corrected chi connectivity index (χ3v) is 3.65. The first-order valence-corrected chi connectivity index (χ1v) is 6.73. The molecule has 0 amide bonds. The van der Waals surface area contributed by atoms with Crippen molar-refractivity contribution < 1.29 is 0 Å². The van der Waals surface area contributed by atoms with Crippen LogP contribution in [0.4, 0.5) is 0 Å². The van der Waals surface area contributed by atoms with Crippen molar-refractivity contribution >= 4 is 27.5 Å². The lowest BCUT2D eigenvalue weighted by molar-refractivity contribution is 1.24. The van der Waals surface area contributed by atoms with Crippen molar-refractivity contribution in [2.75, 3.05) is 0 Å². The van der Waals surface area contributed by atoms with Crippen LogP contribution < -0.4 is 0 Å². The van der Waals surface area contributed by atoms with Crippen LogP contribution in [0.25, 0.3) is 27.5 Å². The molecule has 1 aliphatic rings. The predicted octanol–water partition coefficient (Wildman–Crippen LogP) is 4.92. The van der Waals surface area contributed by atoms with E-state index in [9.17, 15) is 0 Å². The van der Waals surface area contributed by atoms with Gasteiger partial charge in [-0.05, 0) is 36.4 Å². The Morgan fingerprint density at radius 2 is 1.40 bits per heavy atom. The van der Waals surface area contributed by atoms with Crippen LogP contribution in [0.2, 0.25) is 0 Å². The number of rotatable bonds is 1. The number of fused-ring (bicyclic) bond motifs is 3. The summed E-state index contributed by atoms with van der Waals surface area (Å²) in [5.41, 5.74) is 6.74. The fraction of sp³-hybridized carbons (Fsp3) is 0. The van der Waals surface area contributed by atoms with E-state index in [1.54, 1.807) is 0 Å². The summed E-state index contributed by atoms with van der Waals surface area (Å²) in [7, 11) is 0. The van der Waals surface area contributed by atoms with E-state index in [1.807, 2.05) is 18.2 Å². The molecule has 0 spiro atoms. The Morgan fingerprint density at radius 1 is 0.750 bits per heavy atom. The van der Waals surface area contributed by atoms with E-state index >= 15 is 0 Å². The molecule has 2 aromatic carbocycles. The number of aromatic nitrogens is 1.